The summed E-state index contributed by atoms with van der Waals surface area (Å²) in [5.41, 5.74) is 1.72. The van der Waals surface area contributed by atoms with Gasteiger partial charge in [-0.15, -0.1) is 11.8 Å². The van der Waals surface area contributed by atoms with E-state index in [4.69, 9.17) is 0 Å². The number of hydrogen-bond donors (Lipinski definition) is 2. The van der Waals surface area contributed by atoms with Crippen molar-refractivity contribution < 1.29 is 5.11 Å². The van der Waals surface area contributed by atoms with Gasteiger partial charge in [-0.2, -0.15) is 0 Å². The number of hydrogen-bond acceptors (Lipinski definition) is 3. The third-order valence-corrected chi connectivity index (χ3v) is 5.92. The van der Waals surface area contributed by atoms with Crippen molar-refractivity contribution in [1.29, 1.82) is 0 Å². The maximum Gasteiger partial charge on any atom is 0.102 e. The summed E-state index contributed by atoms with van der Waals surface area (Å²) < 4.78 is 0. The fourth-order valence-corrected chi connectivity index (χ4v) is 4.52. The van der Waals surface area contributed by atoms with Gasteiger partial charge in [-0.1, -0.05) is 18.6 Å². The van der Waals surface area contributed by atoms with Gasteiger partial charge in [0.05, 0.1) is 0 Å². The Kier molecular flexibility index (Phi) is 3.63. The Hall–Kier alpha value is -0.510. The minimum absolute atomic E-state index is 0.158. The molecule has 3 heteroatoms. The predicted molar refractivity (Wildman–Crippen MR) is 80.6 cm³/mol. The van der Waals surface area contributed by atoms with Crippen LogP contribution in [0.2, 0.25) is 0 Å². The molecule has 0 spiro atoms. The van der Waals surface area contributed by atoms with E-state index in [1.807, 2.05) is 25.7 Å². The van der Waals surface area contributed by atoms with Gasteiger partial charge in [-0.3, -0.25) is 0 Å². The zero-order chi connectivity index (χ0) is 13.5. The van der Waals surface area contributed by atoms with E-state index in [1.54, 1.807) is 0 Å². The Morgan fingerprint density at radius 3 is 2.84 bits per heavy atom. The van der Waals surface area contributed by atoms with Gasteiger partial charge in [0.1, 0.15) is 5.60 Å². The van der Waals surface area contributed by atoms with Crippen molar-refractivity contribution in [3.8, 4) is 0 Å². The van der Waals surface area contributed by atoms with Crippen molar-refractivity contribution in [2.45, 2.75) is 49.1 Å². The number of benzene rings is 1. The van der Waals surface area contributed by atoms with Crippen LogP contribution in [0.3, 0.4) is 0 Å². The smallest absolute Gasteiger partial charge is 0.102 e. The molecule has 1 heterocycles. The normalized spacial score (nSPS) is 23.5. The van der Waals surface area contributed by atoms with E-state index in [2.05, 4.69) is 23.5 Å². The van der Waals surface area contributed by atoms with E-state index in [-0.39, 0.29) is 6.04 Å². The molecule has 104 valence electrons. The molecule has 2 atom stereocenters. The summed E-state index contributed by atoms with van der Waals surface area (Å²) in [6.07, 6.45) is 4.95. The van der Waals surface area contributed by atoms with Gasteiger partial charge in [-0.25, -0.2) is 0 Å². The molecule has 2 unspecified atom stereocenters. The molecule has 1 aliphatic carbocycles. The molecule has 0 amide bonds. The molecule has 0 radical (unpaired) electrons. The number of aliphatic hydroxyl groups is 1. The lowest BCUT2D eigenvalue weighted by atomic mass is 9.71. The predicted octanol–water partition coefficient (Wildman–Crippen LogP) is 2.93. The van der Waals surface area contributed by atoms with E-state index in [1.165, 1.54) is 41.9 Å². The lowest BCUT2D eigenvalue weighted by molar-refractivity contribution is -0.0201. The van der Waals surface area contributed by atoms with E-state index in [0.29, 0.717) is 5.92 Å². The monoisotopic (exact) mass is 277 g/mol. The topological polar surface area (TPSA) is 32.3 Å². The molecular weight excluding hydrogens is 254 g/mol. The summed E-state index contributed by atoms with van der Waals surface area (Å²) in [4.78, 5) is 1.36. The van der Waals surface area contributed by atoms with E-state index in [9.17, 15) is 5.11 Å². The highest BCUT2D eigenvalue weighted by Gasteiger charge is 2.40. The Bertz CT molecular complexity index is 468. The largest absolute Gasteiger partial charge is 0.384 e. The Balaban J connectivity index is 1.89. The van der Waals surface area contributed by atoms with E-state index >= 15 is 0 Å². The molecule has 2 aliphatic rings. The van der Waals surface area contributed by atoms with Crippen molar-refractivity contribution in [2.24, 2.45) is 5.92 Å². The van der Waals surface area contributed by atoms with Crippen LogP contribution < -0.4 is 5.32 Å². The maximum absolute atomic E-state index is 11.0. The highest BCUT2D eigenvalue weighted by atomic mass is 32.2. The molecule has 1 aromatic rings. The summed E-state index contributed by atoms with van der Waals surface area (Å²) in [6, 6.07) is 6.68. The molecule has 1 saturated carbocycles. The van der Waals surface area contributed by atoms with Crippen LogP contribution in [0.15, 0.2) is 23.1 Å². The number of nitrogens with one attached hydrogen (secondary N) is 1. The van der Waals surface area contributed by atoms with Gasteiger partial charge < -0.3 is 10.4 Å². The molecule has 1 fully saturated rings. The highest BCUT2D eigenvalue weighted by molar-refractivity contribution is 7.99. The lowest BCUT2D eigenvalue weighted by Crippen LogP contribution is -2.51. The Morgan fingerprint density at radius 1 is 1.42 bits per heavy atom. The van der Waals surface area contributed by atoms with Crippen LogP contribution in [-0.4, -0.2) is 23.9 Å². The van der Waals surface area contributed by atoms with Crippen LogP contribution in [0.1, 0.15) is 37.3 Å². The van der Waals surface area contributed by atoms with Crippen LogP contribution in [0.25, 0.3) is 0 Å². The van der Waals surface area contributed by atoms with Crippen LogP contribution >= 0.6 is 11.8 Å². The fraction of sp³-hybridized carbons (Fsp3) is 0.625. The molecule has 19 heavy (non-hydrogen) atoms. The molecular formula is C16H23NOS. The third-order valence-electron chi connectivity index (χ3n) is 4.82. The number of aryl methyl sites for hydroxylation is 1. The zero-order valence-corrected chi connectivity index (χ0v) is 12.6. The Morgan fingerprint density at radius 2 is 2.21 bits per heavy atom. The first-order valence-corrected chi connectivity index (χ1v) is 8.27. The van der Waals surface area contributed by atoms with Crippen LogP contribution in [-0.2, 0) is 12.0 Å². The number of rotatable bonds is 4. The zero-order valence-electron chi connectivity index (χ0n) is 11.8. The Labute approximate surface area is 120 Å². The van der Waals surface area contributed by atoms with Gasteiger partial charge in [0.15, 0.2) is 0 Å². The van der Waals surface area contributed by atoms with Crippen molar-refractivity contribution in [1.82, 2.24) is 5.32 Å². The first kappa shape index (κ1) is 13.5. The summed E-state index contributed by atoms with van der Waals surface area (Å²) in [7, 11) is 1.97. The molecule has 1 aliphatic heterocycles. The minimum atomic E-state index is -0.780. The van der Waals surface area contributed by atoms with Gasteiger partial charge in [-0.05, 0) is 56.3 Å². The summed E-state index contributed by atoms with van der Waals surface area (Å²) in [5, 5.41) is 14.4. The van der Waals surface area contributed by atoms with Crippen molar-refractivity contribution in [2.75, 3.05) is 12.8 Å². The first-order valence-electron chi connectivity index (χ1n) is 7.29. The second-order valence-corrected chi connectivity index (χ2v) is 7.16. The second kappa shape index (κ2) is 5.12. The molecule has 3 rings (SSSR count). The first-order chi connectivity index (χ1) is 9.13. The average Bonchev–Trinajstić information content (AvgIpc) is 2.80. The number of likely N-dealkylation sites (N-methyl/N-ethyl adjacent to an activating group) is 1. The fourth-order valence-electron chi connectivity index (χ4n) is 3.41. The summed E-state index contributed by atoms with van der Waals surface area (Å²) in [6.45, 7) is 1.97. The lowest BCUT2D eigenvalue weighted by Gasteiger charge is -2.42. The molecule has 0 aromatic heterocycles. The van der Waals surface area contributed by atoms with Crippen LogP contribution in [0.4, 0.5) is 0 Å². The van der Waals surface area contributed by atoms with Gasteiger partial charge >= 0.3 is 0 Å². The van der Waals surface area contributed by atoms with Crippen LogP contribution in [0, 0.1) is 5.92 Å². The van der Waals surface area contributed by atoms with Gasteiger partial charge in [0, 0.05) is 16.7 Å². The maximum atomic E-state index is 11.0. The van der Waals surface area contributed by atoms with Crippen molar-refractivity contribution in [3.05, 3.63) is 29.3 Å². The quantitative estimate of drug-likeness (QED) is 0.887. The second-order valence-electron chi connectivity index (χ2n) is 6.03. The summed E-state index contributed by atoms with van der Waals surface area (Å²) >= 11 is 1.91. The number of thioether (sulfide) groups is 1. The molecule has 0 saturated heterocycles. The van der Waals surface area contributed by atoms with E-state index < -0.39 is 5.60 Å². The van der Waals surface area contributed by atoms with Gasteiger partial charge in [0.2, 0.25) is 0 Å². The molecule has 1 aromatic carbocycles. The highest BCUT2D eigenvalue weighted by Crippen LogP contribution is 2.40. The minimum Gasteiger partial charge on any atom is -0.384 e. The standard InChI is InChI=1S/C16H23NOS/c1-16(18,15(17-2)12-4-3-5-12)13-7-6-11-8-9-19-14(11)10-13/h6-7,10,12,15,17-18H,3-5,8-9H2,1-2H3. The van der Waals surface area contributed by atoms with Crippen molar-refractivity contribution in [3.63, 3.8) is 0 Å². The SMILES string of the molecule is CNC(C1CCC1)C(C)(O)c1ccc2c(c1)SCC2. The molecule has 2 N–H and O–H groups in total. The van der Waals surface area contributed by atoms with E-state index in [0.717, 1.165) is 5.56 Å². The van der Waals surface area contributed by atoms with Crippen LogP contribution in [0.5, 0.6) is 0 Å². The van der Waals surface area contributed by atoms with Gasteiger partial charge in [0.25, 0.3) is 0 Å². The molecule has 0 bridgehead atoms. The number of fused-ring (bicyclic) bond motifs is 1. The molecule has 2 nitrogen and oxygen atoms in total. The summed E-state index contributed by atoms with van der Waals surface area (Å²) in [5.74, 6) is 1.79. The average molecular weight is 277 g/mol. The van der Waals surface area contributed by atoms with Crippen molar-refractivity contribution >= 4 is 11.8 Å². The third kappa shape index (κ3) is 2.32.